The van der Waals surface area contributed by atoms with Crippen molar-refractivity contribution in [3.63, 3.8) is 0 Å². The van der Waals surface area contributed by atoms with Crippen LogP contribution >= 0.6 is 11.6 Å². The molecule has 3 aliphatic rings. The van der Waals surface area contributed by atoms with E-state index in [2.05, 4.69) is 6.92 Å². The molecule has 0 aromatic carbocycles. The van der Waals surface area contributed by atoms with Crippen molar-refractivity contribution in [2.24, 2.45) is 29.6 Å². The molecule has 0 radical (unpaired) electrons. The van der Waals surface area contributed by atoms with E-state index >= 15 is 0 Å². The van der Waals surface area contributed by atoms with Crippen LogP contribution < -0.4 is 0 Å². The van der Waals surface area contributed by atoms with Gasteiger partial charge in [0.2, 0.25) is 0 Å². The molecule has 0 aliphatic heterocycles. The summed E-state index contributed by atoms with van der Waals surface area (Å²) < 4.78 is 0. The molecule has 1 heteroatoms. The lowest BCUT2D eigenvalue weighted by Crippen LogP contribution is -2.41. The lowest BCUT2D eigenvalue weighted by atomic mass is 9.56. The van der Waals surface area contributed by atoms with Crippen molar-refractivity contribution in [2.75, 3.05) is 0 Å². The van der Waals surface area contributed by atoms with Crippen LogP contribution in [0.3, 0.4) is 0 Å². The van der Waals surface area contributed by atoms with Gasteiger partial charge in [0.1, 0.15) is 0 Å². The fraction of sp³-hybridized carbons (Fsp3) is 1.00. The second kappa shape index (κ2) is 7.71. The highest BCUT2D eigenvalue weighted by molar-refractivity contribution is 6.20. The Morgan fingerprint density at radius 2 is 1.48 bits per heavy atom. The van der Waals surface area contributed by atoms with E-state index in [0.29, 0.717) is 5.38 Å². The van der Waals surface area contributed by atoms with Gasteiger partial charge in [-0.25, -0.2) is 0 Å². The van der Waals surface area contributed by atoms with Crippen molar-refractivity contribution in [3.8, 4) is 0 Å². The lowest BCUT2D eigenvalue weighted by molar-refractivity contribution is 0.0110. The van der Waals surface area contributed by atoms with Crippen molar-refractivity contribution in [1.29, 1.82) is 0 Å². The third kappa shape index (κ3) is 3.98. The van der Waals surface area contributed by atoms with E-state index < -0.39 is 0 Å². The average molecular weight is 311 g/mol. The van der Waals surface area contributed by atoms with E-state index in [0.717, 1.165) is 29.6 Å². The largest absolute Gasteiger partial charge is 0.123 e. The topological polar surface area (TPSA) is 0 Å². The molecule has 6 atom stereocenters. The standard InChI is InChI=1S/C20H35Cl/c1-2-3-4-5-6-15-7-11-19-16(13-15)8-9-17-14-18(21)10-12-20(17)19/h15-20H,2-14H2,1H3/t15-,16?,17?,18-,19?,20?/m1/s1. The molecule has 122 valence electrons. The van der Waals surface area contributed by atoms with Gasteiger partial charge in [0.25, 0.3) is 0 Å². The second-order valence-corrected chi connectivity index (χ2v) is 8.98. The Bertz CT molecular complexity index is 313. The molecule has 3 fully saturated rings. The summed E-state index contributed by atoms with van der Waals surface area (Å²) in [6, 6.07) is 0. The van der Waals surface area contributed by atoms with Crippen molar-refractivity contribution < 1.29 is 0 Å². The van der Waals surface area contributed by atoms with Gasteiger partial charge < -0.3 is 0 Å². The van der Waals surface area contributed by atoms with Crippen molar-refractivity contribution >= 4 is 11.6 Å². The summed E-state index contributed by atoms with van der Waals surface area (Å²) in [6.45, 7) is 2.32. The first-order chi connectivity index (χ1) is 10.3. The predicted molar refractivity (Wildman–Crippen MR) is 92.8 cm³/mol. The highest BCUT2D eigenvalue weighted by Crippen LogP contribution is 2.53. The normalized spacial score (nSPS) is 43.1. The zero-order chi connectivity index (χ0) is 14.7. The molecule has 21 heavy (non-hydrogen) atoms. The molecular weight excluding hydrogens is 276 g/mol. The number of hydrogen-bond acceptors (Lipinski definition) is 0. The molecule has 3 rings (SSSR count). The zero-order valence-corrected chi connectivity index (χ0v) is 14.8. The van der Waals surface area contributed by atoms with Crippen LogP contribution in [0.15, 0.2) is 0 Å². The molecule has 0 bridgehead atoms. The van der Waals surface area contributed by atoms with E-state index in [1.807, 2.05) is 0 Å². The van der Waals surface area contributed by atoms with Crippen LogP contribution in [-0.4, -0.2) is 5.38 Å². The Morgan fingerprint density at radius 3 is 2.24 bits per heavy atom. The molecule has 0 spiro atoms. The minimum atomic E-state index is 0.498. The summed E-state index contributed by atoms with van der Waals surface area (Å²) in [5, 5.41) is 0.498. The van der Waals surface area contributed by atoms with Gasteiger partial charge in [-0.15, -0.1) is 11.6 Å². The minimum Gasteiger partial charge on any atom is -0.123 e. The first kappa shape index (κ1) is 16.2. The maximum absolute atomic E-state index is 6.42. The maximum Gasteiger partial charge on any atom is 0.0338 e. The second-order valence-electron chi connectivity index (χ2n) is 8.36. The molecule has 4 unspecified atom stereocenters. The van der Waals surface area contributed by atoms with Gasteiger partial charge in [0.05, 0.1) is 0 Å². The van der Waals surface area contributed by atoms with Gasteiger partial charge in [-0.1, -0.05) is 45.4 Å². The van der Waals surface area contributed by atoms with Crippen LogP contribution in [0.5, 0.6) is 0 Å². The van der Waals surface area contributed by atoms with E-state index in [9.17, 15) is 0 Å². The monoisotopic (exact) mass is 310 g/mol. The highest BCUT2D eigenvalue weighted by atomic mass is 35.5. The summed E-state index contributed by atoms with van der Waals surface area (Å²) in [6.07, 6.45) is 19.1. The molecular formula is C20H35Cl. The van der Waals surface area contributed by atoms with Gasteiger partial charge in [0, 0.05) is 5.38 Å². The Kier molecular flexibility index (Phi) is 5.93. The van der Waals surface area contributed by atoms with Crippen LogP contribution in [0, 0.1) is 29.6 Å². The van der Waals surface area contributed by atoms with Gasteiger partial charge in [-0.3, -0.25) is 0 Å². The summed E-state index contributed by atoms with van der Waals surface area (Å²) in [5.74, 6) is 5.29. The Morgan fingerprint density at radius 1 is 0.762 bits per heavy atom. The molecule has 0 aromatic heterocycles. The molecule has 0 amide bonds. The molecule has 3 aliphatic carbocycles. The Balaban J connectivity index is 1.47. The summed E-state index contributed by atoms with van der Waals surface area (Å²) >= 11 is 6.42. The maximum atomic E-state index is 6.42. The number of hydrogen-bond donors (Lipinski definition) is 0. The van der Waals surface area contributed by atoms with Crippen LogP contribution in [0.4, 0.5) is 0 Å². The van der Waals surface area contributed by atoms with Gasteiger partial charge in [0.15, 0.2) is 0 Å². The molecule has 0 aromatic rings. The SMILES string of the molecule is CCCCCC[C@@H]1CCC2C(CCC3C[C@H](Cl)CCC32)C1. The van der Waals surface area contributed by atoms with E-state index in [-0.39, 0.29) is 0 Å². The quantitative estimate of drug-likeness (QED) is 0.386. The first-order valence-corrected chi connectivity index (χ1v) is 10.4. The number of unbranched alkanes of at least 4 members (excludes halogenated alkanes) is 3. The van der Waals surface area contributed by atoms with Crippen molar-refractivity contribution in [3.05, 3.63) is 0 Å². The molecule has 0 nitrogen and oxygen atoms in total. The van der Waals surface area contributed by atoms with E-state index in [1.165, 1.54) is 64.2 Å². The number of fused-ring (bicyclic) bond motifs is 3. The Labute approximate surface area is 137 Å². The third-order valence-electron chi connectivity index (χ3n) is 7.05. The highest BCUT2D eigenvalue weighted by Gasteiger charge is 2.44. The summed E-state index contributed by atoms with van der Waals surface area (Å²) in [5.41, 5.74) is 0. The number of halogens is 1. The number of rotatable bonds is 5. The van der Waals surface area contributed by atoms with E-state index in [4.69, 9.17) is 11.6 Å². The average Bonchev–Trinajstić information content (AvgIpc) is 2.51. The van der Waals surface area contributed by atoms with E-state index in [1.54, 1.807) is 19.3 Å². The van der Waals surface area contributed by atoms with Gasteiger partial charge in [-0.05, 0) is 74.5 Å². The van der Waals surface area contributed by atoms with Crippen molar-refractivity contribution in [1.82, 2.24) is 0 Å². The lowest BCUT2D eigenvalue weighted by Gasteiger charge is -2.50. The van der Waals surface area contributed by atoms with Crippen LogP contribution in [0.25, 0.3) is 0 Å². The fourth-order valence-electron chi connectivity index (χ4n) is 5.96. The molecule has 0 saturated heterocycles. The van der Waals surface area contributed by atoms with Gasteiger partial charge in [-0.2, -0.15) is 0 Å². The summed E-state index contributed by atoms with van der Waals surface area (Å²) in [4.78, 5) is 0. The van der Waals surface area contributed by atoms with Crippen LogP contribution in [0.2, 0.25) is 0 Å². The molecule has 0 heterocycles. The summed E-state index contributed by atoms with van der Waals surface area (Å²) in [7, 11) is 0. The Hall–Kier alpha value is 0.290. The van der Waals surface area contributed by atoms with Crippen LogP contribution in [0.1, 0.15) is 90.4 Å². The minimum absolute atomic E-state index is 0.498. The third-order valence-corrected chi connectivity index (χ3v) is 7.45. The zero-order valence-electron chi connectivity index (χ0n) is 14.0. The van der Waals surface area contributed by atoms with Crippen LogP contribution in [-0.2, 0) is 0 Å². The molecule has 0 N–H and O–H groups in total. The smallest absolute Gasteiger partial charge is 0.0338 e. The fourth-order valence-corrected chi connectivity index (χ4v) is 6.31. The number of alkyl halides is 1. The first-order valence-electron chi connectivity index (χ1n) is 9.92. The van der Waals surface area contributed by atoms with Gasteiger partial charge >= 0.3 is 0 Å². The van der Waals surface area contributed by atoms with Crippen molar-refractivity contribution in [2.45, 2.75) is 95.8 Å². The predicted octanol–water partition coefficient (Wildman–Crippen LogP) is 6.81. The molecule has 3 saturated carbocycles.